The van der Waals surface area contributed by atoms with Gasteiger partial charge in [-0.1, -0.05) is 18.6 Å². The quantitative estimate of drug-likeness (QED) is 0.481. The number of benzene rings is 1. The Kier molecular flexibility index (Phi) is 8.34. The molecule has 2 heterocycles. The summed E-state index contributed by atoms with van der Waals surface area (Å²) in [5.74, 6) is -0.124. The van der Waals surface area contributed by atoms with Crippen LogP contribution in [0, 0.1) is 5.92 Å². The maximum Gasteiger partial charge on any atom is 0.303 e. The number of ether oxygens (including phenoxy) is 1. The molecule has 3 rings (SSSR count). The molecule has 2 N–H and O–H groups in total. The number of carbonyl (C=O) groups is 2. The Morgan fingerprint density at radius 3 is 2.66 bits per heavy atom. The molecule has 1 aromatic carbocycles. The second-order valence-corrected chi connectivity index (χ2v) is 8.45. The molecule has 1 amide bonds. The van der Waals surface area contributed by atoms with Gasteiger partial charge >= 0.3 is 5.97 Å². The Morgan fingerprint density at radius 1 is 1.22 bits per heavy atom. The predicted octanol–water partition coefficient (Wildman–Crippen LogP) is 4.05. The van der Waals surface area contributed by atoms with Crippen LogP contribution >= 0.6 is 0 Å². The number of nitrogens with one attached hydrogen (secondary N) is 1. The minimum absolute atomic E-state index is 0.0385. The van der Waals surface area contributed by atoms with Crippen LogP contribution in [-0.4, -0.2) is 60.2 Å². The van der Waals surface area contributed by atoms with Crippen LogP contribution in [0.15, 0.2) is 47.1 Å². The lowest BCUT2D eigenvalue weighted by Gasteiger charge is -2.31. The molecular weight excluding hydrogens is 408 g/mol. The maximum absolute atomic E-state index is 13.3. The molecule has 32 heavy (non-hydrogen) atoms. The minimum Gasteiger partial charge on any atom is -0.481 e. The van der Waals surface area contributed by atoms with Crippen molar-refractivity contribution < 1.29 is 25.2 Å². The van der Waals surface area contributed by atoms with Crippen molar-refractivity contribution in [2.45, 2.75) is 51.7 Å². The summed E-state index contributed by atoms with van der Waals surface area (Å²) in [5.41, 5.74) is 1.43. The highest BCUT2D eigenvalue weighted by molar-refractivity contribution is 5.94. The van der Waals surface area contributed by atoms with Crippen LogP contribution in [0.5, 0.6) is 0 Å². The van der Waals surface area contributed by atoms with Crippen molar-refractivity contribution in [3.8, 4) is 11.3 Å². The zero-order chi connectivity index (χ0) is 23.8. The van der Waals surface area contributed by atoms with Gasteiger partial charge in [0.25, 0.3) is 5.91 Å². The number of unbranched alkanes of at least 4 members (excludes halogenated alkanes) is 2. The Bertz CT molecular complexity index is 893. The Balaban J connectivity index is 1.59. The first-order valence-corrected chi connectivity index (χ1v) is 11.3. The first-order valence-electron chi connectivity index (χ1n) is 11.8. The van der Waals surface area contributed by atoms with E-state index in [1.807, 2.05) is 24.3 Å². The number of nitrogens with zero attached hydrogens (tertiary/aromatic N) is 1. The van der Waals surface area contributed by atoms with E-state index in [1.54, 1.807) is 37.1 Å². The molecule has 1 aromatic heterocycles. The summed E-state index contributed by atoms with van der Waals surface area (Å²) in [6.45, 7) is 5.87. The van der Waals surface area contributed by atoms with E-state index in [0.717, 1.165) is 30.7 Å². The molecule has 1 saturated heterocycles. The van der Waals surface area contributed by atoms with Gasteiger partial charge < -0.3 is 24.5 Å². The number of hydrogen-bond acceptors (Lipinski definition) is 5. The Hall–Kier alpha value is -2.64. The third-order valence-corrected chi connectivity index (χ3v) is 5.78. The van der Waals surface area contributed by atoms with Gasteiger partial charge in [0.1, 0.15) is 5.76 Å². The van der Waals surface area contributed by atoms with Gasteiger partial charge in [0.2, 0.25) is 0 Å². The van der Waals surface area contributed by atoms with E-state index in [4.69, 9.17) is 15.6 Å². The second-order valence-electron chi connectivity index (χ2n) is 8.45. The molecule has 7 nitrogen and oxygen atoms in total. The van der Waals surface area contributed by atoms with Crippen LogP contribution in [0.2, 0.25) is 0 Å². The van der Waals surface area contributed by atoms with Gasteiger partial charge in [-0.05, 0) is 51.0 Å². The largest absolute Gasteiger partial charge is 0.481 e. The van der Waals surface area contributed by atoms with E-state index >= 15 is 0 Å². The lowest BCUT2D eigenvalue weighted by Crippen LogP contribution is -2.43. The van der Waals surface area contributed by atoms with E-state index in [-0.39, 0.29) is 24.3 Å². The van der Waals surface area contributed by atoms with E-state index in [1.165, 1.54) is 0 Å². The molecule has 2 aromatic rings. The number of carboxylic acid groups (broad SMARTS) is 1. The van der Waals surface area contributed by atoms with Crippen LogP contribution in [-0.2, 0) is 9.53 Å². The zero-order valence-electron chi connectivity index (χ0n) is 19.9. The molecule has 7 heteroatoms. The number of hydrogen-bond donors (Lipinski definition) is 2. The lowest BCUT2D eigenvalue weighted by molar-refractivity contribution is -0.137. The van der Waals surface area contributed by atoms with Crippen molar-refractivity contribution in [2.75, 3.05) is 26.2 Å². The SMILES string of the molecule is [2H]C(C)(C)N(CC1CNCC1OCCCCCC(=O)O)C(=O)c1ccc(-c2ccco2)cc1. The minimum atomic E-state index is -1.08. The molecule has 1 fully saturated rings. The van der Waals surface area contributed by atoms with Gasteiger partial charge in [-0.2, -0.15) is 0 Å². The average Bonchev–Trinajstić information content (AvgIpc) is 3.45. The molecule has 2 atom stereocenters. The van der Waals surface area contributed by atoms with Crippen molar-refractivity contribution in [1.82, 2.24) is 10.2 Å². The molecule has 2 unspecified atom stereocenters. The third kappa shape index (κ3) is 6.68. The molecule has 174 valence electrons. The van der Waals surface area contributed by atoms with Crippen LogP contribution < -0.4 is 5.32 Å². The molecule has 1 aliphatic rings. The van der Waals surface area contributed by atoms with Gasteiger partial charge in [0, 0.05) is 55.7 Å². The third-order valence-electron chi connectivity index (χ3n) is 5.78. The smallest absolute Gasteiger partial charge is 0.303 e. The number of aliphatic carboxylic acids is 1. The van der Waals surface area contributed by atoms with Crippen molar-refractivity contribution >= 4 is 11.9 Å². The van der Waals surface area contributed by atoms with E-state index < -0.39 is 12.0 Å². The monoisotopic (exact) mass is 443 g/mol. The summed E-state index contributed by atoms with van der Waals surface area (Å²) in [5, 5.41) is 12.1. The zero-order valence-corrected chi connectivity index (χ0v) is 18.9. The highest BCUT2D eigenvalue weighted by Crippen LogP contribution is 2.22. The highest BCUT2D eigenvalue weighted by atomic mass is 16.5. The number of furan rings is 1. The van der Waals surface area contributed by atoms with Gasteiger partial charge in [-0.25, -0.2) is 0 Å². The summed E-state index contributed by atoms with van der Waals surface area (Å²) < 4.78 is 20.1. The summed E-state index contributed by atoms with van der Waals surface area (Å²) in [7, 11) is 0. The van der Waals surface area contributed by atoms with E-state index in [0.29, 0.717) is 31.7 Å². The maximum atomic E-state index is 13.3. The summed E-state index contributed by atoms with van der Waals surface area (Å²) in [4.78, 5) is 25.6. The summed E-state index contributed by atoms with van der Waals surface area (Å²) in [6, 6.07) is 9.87. The van der Waals surface area contributed by atoms with Crippen molar-refractivity contribution in [2.24, 2.45) is 5.92 Å². The first kappa shape index (κ1) is 22.6. The standard InChI is InChI=1S/C25H34N2O5/c1-18(2)27(25(30)20-11-9-19(10-12-20)22-7-6-14-31-22)17-21-15-26-16-23(21)32-13-5-3-4-8-24(28)29/h6-7,9-12,14,18,21,23,26H,3-5,8,13,15-17H2,1-2H3,(H,28,29)/i18D. The molecule has 0 aliphatic carbocycles. The normalized spacial score (nSPS) is 19.0. The Morgan fingerprint density at radius 2 is 2.00 bits per heavy atom. The first-order chi connectivity index (χ1) is 15.8. The molecule has 0 bridgehead atoms. The fourth-order valence-electron chi connectivity index (χ4n) is 3.95. The van der Waals surface area contributed by atoms with Crippen molar-refractivity contribution in [3.05, 3.63) is 48.2 Å². The predicted molar refractivity (Wildman–Crippen MR) is 123 cm³/mol. The van der Waals surface area contributed by atoms with Crippen molar-refractivity contribution in [1.29, 1.82) is 0 Å². The fraction of sp³-hybridized carbons (Fsp3) is 0.520. The molecule has 0 saturated carbocycles. The molecular formula is C25H34N2O5. The summed E-state index contributed by atoms with van der Waals surface area (Å²) >= 11 is 0. The van der Waals surface area contributed by atoms with E-state index in [9.17, 15) is 9.59 Å². The number of carbonyl (C=O) groups excluding carboxylic acids is 1. The number of carboxylic acids is 1. The van der Waals surface area contributed by atoms with Crippen LogP contribution in [0.3, 0.4) is 0 Å². The van der Waals surface area contributed by atoms with Gasteiger partial charge in [0.05, 0.1) is 13.7 Å². The second kappa shape index (κ2) is 11.8. The van der Waals surface area contributed by atoms with Gasteiger partial charge in [0.15, 0.2) is 0 Å². The average molecular weight is 444 g/mol. The number of amides is 1. The number of rotatable bonds is 12. The molecule has 1 aliphatic heterocycles. The topological polar surface area (TPSA) is 92.0 Å². The summed E-state index contributed by atoms with van der Waals surface area (Å²) in [6.07, 6.45) is 4.04. The van der Waals surface area contributed by atoms with Crippen LogP contribution in [0.4, 0.5) is 0 Å². The lowest BCUT2D eigenvalue weighted by atomic mass is 10.0. The van der Waals surface area contributed by atoms with Gasteiger partial charge in [-0.15, -0.1) is 0 Å². The molecule has 0 radical (unpaired) electrons. The van der Waals surface area contributed by atoms with Crippen molar-refractivity contribution in [3.63, 3.8) is 0 Å². The Labute approximate surface area is 191 Å². The molecule has 0 spiro atoms. The fourth-order valence-corrected chi connectivity index (χ4v) is 3.95. The van der Waals surface area contributed by atoms with Crippen LogP contribution in [0.25, 0.3) is 11.3 Å². The van der Waals surface area contributed by atoms with Crippen LogP contribution in [0.1, 0.15) is 51.3 Å². The van der Waals surface area contributed by atoms with E-state index in [2.05, 4.69) is 5.32 Å². The van der Waals surface area contributed by atoms with Gasteiger partial charge in [-0.3, -0.25) is 9.59 Å². The highest BCUT2D eigenvalue weighted by Gasteiger charge is 2.32.